The van der Waals surface area contributed by atoms with E-state index in [1.54, 1.807) is 22.7 Å². The standard InChI is InChI=1S/C17H15N5S2/c18-9-13(16-21-20-15-4-2-1-3-6-22(15)16)8-14-11-24-17(19-14)12-5-7-23-10-12/h5,7-8,10-11H,1-4,6H2/b13-8-. The number of fused-ring (bicyclic) bond motifs is 1. The van der Waals surface area contributed by atoms with Crippen LogP contribution in [0.1, 0.15) is 36.6 Å². The van der Waals surface area contributed by atoms with Gasteiger partial charge in [0.25, 0.3) is 0 Å². The zero-order valence-corrected chi connectivity index (χ0v) is 14.6. The first-order valence-electron chi connectivity index (χ1n) is 7.87. The lowest BCUT2D eigenvalue weighted by Gasteiger charge is -2.05. The Kier molecular flexibility index (Phi) is 4.24. The molecule has 0 unspecified atom stereocenters. The molecule has 4 rings (SSSR count). The quantitative estimate of drug-likeness (QED) is 0.660. The summed E-state index contributed by atoms with van der Waals surface area (Å²) in [5.41, 5.74) is 2.45. The van der Waals surface area contributed by atoms with Crippen LogP contribution in [0.4, 0.5) is 0 Å². The topological polar surface area (TPSA) is 67.4 Å². The van der Waals surface area contributed by atoms with E-state index in [0.29, 0.717) is 11.4 Å². The minimum Gasteiger partial charge on any atom is -0.310 e. The molecule has 0 spiro atoms. The van der Waals surface area contributed by atoms with E-state index in [9.17, 15) is 5.26 Å². The van der Waals surface area contributed by atoms with Crippen molar-refractivity contribution in [1.29, 1.82) is 5.26 Å². The maximum absolute atomic E-state index is 9.60. The SMILES string of the molecule is N#C/C(=C/c1csc(-c2ccsc2)n1)c1nnc2n1CCCCC2. The van der Waals surface area contributed by atoms with Crippen LogP contribution in [-0.4, -0.2) is 19.7 Å². The number of nitrogens with zero attached hydrogens (tertiary/aromatic N) is 5. The average molecular weight is 353 g/mol. The number of nitriles is 1. The Hall–Kier alpha value is -2.30. The number of hydrogen-bond acceptors (Lipinski definition) is 6. The summed E-state index contributed by atoms with van der Waals surface area (Å²) in [6.07, 6.45) is 6.19. The molecule has 0 aliphatic carbocycles. The van der Waals surface area contributed by atoms with Crippen molar-refractivity contribution in [2.24, 2.45) is 0 Å². The van der Waals surface area contributed by atoms with Gasteiger partial charge in [-0.15, -0.1) is 21.5 Å². The minimum atomic E-state index is 0.526. The molecule has 1 aliphatic heterocycles. The first-order chi connectivity index (χ1) is 11.8. The van der Waals surface area contributed by atoms with Crippen LogP contribution in [0, 0.1) is 11.3 Å². The molecule has 4 heterocycles. The van der Waals surface area contributed by atoms with Crippen LogP contribution < -0.4 is 0 Å². The highest BCUT2D eigenvalue weighted by Crippen LogP contribution is 2.27. The number of rotatable bonds is 3. The Balaban J connectivity index is 1.68. The number of allylic oxidation sites excluding steroid dienone is 1. The maximum Gasteiger partial charge on any atom is 0.174 e. The number of thiophene rings is 1. The average Bonchev–Trinajstić information content (AvgIpc) is 3.31. The van der Waals surface area contributed by atoms with Gasteiger partial charge in [0, 0.05) is 29.3 Å². The molecule has 0 saturated heterocycles. The van der Waals surface area contributed by atoms with Gasteiger partial charge < -0.3 is 4.57 Å². The van der Waals surface area contributed by atoms with Crippen molar-refractivity contribution in [3.63, 3.8) is 0 Å². The number of hydrogen-bond donors (Lipinski definition) is 0. The first-order valence-corrected chi connectivity index (χ1v) is 9.70. The molecule has 0 bridgehead atoms. The second-order valence-electron chi connectivity index (χ2n) is 5.66. The number of aryl methyl sites for hydroxylation is 1. The Morgan fingerprint density at radius 1 is 1.25 bits per heavy atom. The zero-order valence-electron chi connectivity index (χ0n) is 13.0. The number of aromatic nitrogens is 4. The molecule has 0 saturated carbocycles. The molecule has 0 aromatic carbocycles. The molecular formula is C17H15N5S2. The fourth-order valence-electron chi connectivity index (χ4n) is 2.85. The Morgan fingerprint density at radius 3 is 3.04 bits per heavy atom. The van der Waals surface area contributed by atoms with E-state index in [0.717, 1.165) is 47.9 Å². The third-order valence-corrected chi connectivity index (χ3v) is 5.65. The van der Waals surface area contributed by atoms with Crippen LogP contribution in [0.3, 0.4) is 0 Å². The monoisotopic (exact) mass is 353 g/mol. The predicted molar refractivity (Wildman–Crippen MR) is 96.5 cm³/mol. The van der Waals surface area contributed by atoms with Crippen molar-refractivity contribution in [2.45, 2.75) is 32.2 Å². The summed E-state index contributed by atoms with van der Waals surface area (Å²) in [5.74, 6) is 1.65. The van der Waals surface area contributed by atoms with Crippen molar-refractivity contribution >= 4 is 34.3 Å². The van der Waals surface area contributed by atoms with Crippen molar-refractivity contribution in [2.75, 3.05) is 0 Å². The summed E-state index contributed by atoms with van der Waals surface area (Å²) >= 11 is 3.24. The molecule has 24 heavy (non-hydrogen) atoms. The molecule has 0 atom stereocenters. The maximum atomic E-state index is 9.60. The van der Waals surface area contributed by atoms with E-state index in [1.165, 1.54) is 6.42 Å². The highest BCUT2D eigenvalue weighted by Gasteiger charge is 2.18. The Bertz CT molecular complexity index is 911. The van der Waals surface area contributed by atoms with Gasteiger partial charge in [-0.3, -0.25) is 0 Å². The zero-order chi connectivity index (χ0) is 16.4. The molecule has 7 heteroatoms. The lowest BCUT2D eigenvalue weighted by Crippen LogP contribution is -2.05. The van der Waals surface area contributed by atoms with E-state index in [2.05, 4.69) is 37.3 Å². The van der Waals surface area contributed by atoms with Gasteiger partial charge in [-0.25, -0.2) is 4.98 Å². The van der Waals surface area contributed by atoms with Gasteiger partial charge in [0.15, 0.2) is 5.82 Å². The van der Waals surface area contributed by atoms with Crippen molar-refractivity contribution in [3.05, 3.63) is 39.5 Å². The Morgan fingerprint density at radius 2 is 2.21 bits per heavy atom. The normalized spacial score (nSPS) is 14.9. The van der Waals surface area contributed by atoms with E-state index in [1.807, 2.05) is 16.8 Å². The molecule has 1 aliphatic rings. The van der Waals surface area contributed by atoms with Gasteiger partial charge in [-0.1, -0.05) is 6.42 Å². The van der Waals surface area contributed by atoms with Gasteiger partial charge in [0.2, 0.25) is 0 Å². The van der Waals surface area contributed by atoms with Crippen molar-refractivity contribution in [3.8, 4) is 16.6 Å². The lowest BCUT2D eigenvalue weighted by atomic mass is 10.2. The van der Waals surface area contributed by atoms with Crippen molar-refractivity contribution in [1.82, 2.24) is 19.7 Å². The summed E-state index contributed by atoms with van der Waals surface area (Å²) in [6, 6.07) is 4.33. The van der Waals surface area contributed by atoms with E-state index in [4.69, 9.17) is 0 Å². The van der Waals surface area contributed by atoms with E-state index < -0.39 is 0 Å². The smallest absolute Gasteiger partial charge is 0.174 e. The number of thiazole rings is 1. The molecule has 0 radical (unpaired) electrons. The summed E-state index contributed by atoms with van der Waals surface area (Å²) in [7, 11) is 0. The molecule has 3 aromatic rings. The second kappa shape index (κ2) is 6.67. The van der Waals surface area contributed by atoms with E-state index >= 15 is 0 Å². The summed E-state index contributed by atoms with van der Waals surface area (Å²) < 4.78 is 2.09. The van der Waals surface area contributed by atoms with Crippen LogP contribution in [0.15, 0.2) is 22.2 Å². The second-order valence-corrected chi connectivity index (χ2v) is 7.30. The van der Waals surface area contributed by atoms with Crippen LogP contribution in [0.5, 0.6) is 0 Å². The van der Waals surface area contributed by atoms with Crippen LogP contribution in [0.25, 0.3) is 22.2 Å². The predicted octanol–water partition coefficient (Wildman–Crippen LogP) is 4.25. The summed E-state index contributed by atoms with van der Waals surface area (Å²) in [4.78, 5) is 4.62. The third kappa shape index (κ3) is 2.90. The fraction of sp³-hybridized carbons (Fsp3) is 0.294. The summed E-state index contributed by atoms with van der Waals surface area (Å²) in [5, 5.41) is 25.2. The van der Waals surface area contributed by atoms with Crippen molar-refractivity contribution < 1.29 is 0 Å². The lowest BCUT2D eigenvalue weighted by molar-refractivity contribution is 0.627. The summed E-state index contributed by atoms with van der Waals surface area (Å²) in [6.45, 7) is 0.883. The van der Waals surface area contributed by atoms with Gasteiger partial charge in [-0.05, 0) is 30.4 Å². The van der Waals surface area contributed by atoms with Crippen LogP contribution >= 0.6 is 22.7 Å². The first kappa shape index (κ1) is 15.2. The van der Waals surface area contributed by atoms with Gasteiger partial charge in [0.05, 0.1) is 11.3 Å². The molecule has 3 aromatic heterocycles. The van der Waals surface area contributed by atoms with Gasteiger partial charge in [0.1, 0.15) is 16.9 Å². The molecule has 120 valence electrons. The van der Waals surface area contributed by atoms with E-state index in [-0.39, 0.29) is 0 Å². The Labute approximate surface area is 147 Å². The molecule has 5 nitrogen and oxygen atoms in total. The molecule has 0 amide bonds. The fourth-order valence-corrected chi connectivity index (χ4v) is 4.34. The highest BCUT2D eigenvalue weighted by molar-refractivity contribution is 7.14. The molecule has 0 fully saturated rings. The van der Waals surface area contributed by atoms with Crippen LogP contribution in [0.2, 0.25) is 0 Å². The van der Waals surface area contributed by atoms with Gasteiger partial charge >= 0.3 is 0 Å². The molecular weight excluding hydrogens is 338 g/mol. The minimum absolute atomic E-state index is 0.526. The van der Waals surface area contributed by atoms with Gasteiger partial charge in [-0.2, -0.15) is 16.6 Å². The molecule has 0 N–H and O–H groups in total. The third-order valence-electron chi connectivity index (χ3n) is 4.05. The largest absolute Gasteiger partial charge is 0.310 e. The highest BCUT2D eigenvalue weighted by atomic mass is 32.1. The van der Waals surface area contributed by atoms with Crippen LogP contribution in [-0.2, 0) is 13.0 Å².